The SMILES string of the molecule is CC(F)(F)c1ncc(-c2cc(CNC(=O)[C@@H]3C[C@@H](F)CN3S(=O)(=O)c3ccc(F)cc3)ccn2)cn1. The van der Waals surface area contributed by atoms with Crippen LogP contribution in [0.5, 0.6) is 0 Å². The van der Waals surface area contributed by atoms with Gasteiger partial charge in [-0.1, -0.05) is 0 Å². The number of amides is 1. The molecular formula is C23H21F4N5O3S. The standard InChI is InChI=1S/C23H21F4N5O3S/c1-23(26,27)22-30-11-15(12-31-22)19-8-14(6-7-28-19)10-29-21(33)20-9-17(25)13-32(20)36(34,35)18-4-2-16(24)3-5-18/h2-8,11-12,17,20H,9-10,13H2,1H3,(H,29,33)/t17-,20+/m1/s1. The highest BCUT2D eigenvalue weighted by atomic mass is 32.2. The molecule has 1 saturated heterocycles. The monoisotopic (exact) mass is 523 g/mol. The summed E-state index contributed by atoms with van der Waals surface area (Å²) in [5, 5.41) is 2.60. The molecule has 1 N–H and O–H groups in total. The van der Waals surface area contributed by atoms with Crippen molar-refractivity contribution in [2.24, 2.45) is 0 Å². The van der Waals surface area contributed by atoms with Crippen molar-refractivity contribution in [2.75, 3.05) is 6.54 Å². The molecule has 0 radical (unpaired) electrons. The molecule has 0 aliphatic carbocycles. The van der Waals surface area contributed by atoms with Gasteiger partial charge in [0.25, 0.3) is 0 Å². The molecule has 0 spiro atoms. The molecule has 4 rings (SSSR count). The number of carbonyl (C=O) groups excluding carboxylic acids is 1. The van der Waals surface area contributed by atoms with E-state index in [9.17, 15) is 30.8 Å². The summed E-state index contributed by atoms with van der Waals surface area (Å²) in [4.78, 5) is 24.1. The van der Waals surface area contributed by atoms with Crippen LogP contribution in [0.2, 0.25) is 0 Å². The highest BCUT2D eigenvalue weighted by Gasteiger charge is 2.44. The first-order valence-electron chi connectivity index (χ1n) is 10.8. The second kappa shape index (κ2) is 9.90. The van der Waals surface area contributed by atoms with Crippen LogP contribution in [0.4, 0.5) is 17.6 Å². The minimum absolute atomic E-state index is 0.0296. The maximum atomic E-state index is 14.2. The molecule has 1 amide bonds. The van der Waals surface area contributed by atoms with Gasteiger partial charge in [-0.15, -0.1) is 0 Å². The van der Waals surface area contributed by atoms with Crippen molar-refractivity contribution >= 4 is 15.9 Å². The van der Waals surface area contributed by atoms with Gasteiger partial charge in [-0.25, -0.2) is 27.2 Å². The van der Waals surface area contributed by atoms with E-state index in [-0.39, 0.29) is 17.9 Å². The first-order valence-corrected chi connectivity index (χ1v) is 12.2. The Morgan fingerprint density at radius 2 is 1.81 bits per heavy atom. The van der Waals surface area contributed by atoms with Crippen LogP contribution in [0.1, 0.15) is 24.7 Å². The summed E-state index contributed by atoms with van der Waals surface area (Å²) >= 11 is 0. The number of rotatable bonds is 7. The Labute approximate surface area is 204 Å². The molecule has 0 saturated carbocycles. The van der Waals surface area contributed by atoms with Gasteiger partial charge in [0.1, 0.15) is 18.0 Å². The summed E-state index contributed by atoms with van der Waals surface area (Å²) in [6.45, 7) is 0.160. The van der Waals surface area contributed by atoms with Gasteiger partial charge < -0.3 is 5.32 Å². The zero-order valence-corrected chi connectivity index (χ0v) is 19.7. The summed E-state index contributed by atoms with van der Waals surface area (Å²) in [5.41, 5.74) is 1.32. The van der Waals surface area contributed by atoms with Gasteiger partial charge in [-0.2, -0.15) is 13.1 Å². The lowest BCUT2D eigenvalue weighted by Crippen LogP contribution is -2.45. The number of hydrogen-bond donors (Lipinski definition) is 1. The molecule has 190 valence electrons. The van der Waals surface area contributed by atoms with Crippen molar-refractivity contribution in [3.05, 3.63) is 72.2 Å². The third-order valence-corrected chi connectivity index (χ3v) is 7.45. The number of hydrogen-bond acceptors (Lipinski definition) is 6. The van der Waals surface area contributed by atoms with E-state index < -0.39 is 52.3 Å². The minimum Gasteiger partial charge on any atom is -0.351 e. The molecule has 2 aromatic heterocycles. The molecule has 0 bridgehead atoms. The quantitative estimate of drug-likeness (QED) is 0.477. The van der Waals surface area contributed by atoms with Gasteiger partial charge in [-0.3, -0.25) is 9.78 Å². The summed E-state index contributed by atoms with van der Waals surface area (Å²) < 4.78 is 80.8. The Balaban J connectivity index is 1.46. The van der Waals surface area contributed by atoms with E-state index >= 15 is 0 Å². The number of pyridine rings is 1. The molecule has 1 aliphatic heterocycles. The number of halogens is 4. The predicted octanol–water partition coefficient (Wildman–Crippen LogP) is 3.21. The normalized spacial score (nSPS) is 18.8. The summed E-state index contributed by atoms with van der Waals surface area (Å²) in [6.07, 6.45) is 2.00. The predicted molar refractivity (Wildman–Crippen MR) is 120 cm³/mol. The van der Waals surface area contributed by atoms with Crippen molar-refractivity contribution in [1.82, 2.24) is 24.6 Å². The first-order chi connectivity index (χ1) is 16.9. The van der Waals surface area contributed by atoms with E-state index in [1.807, 2.05) is 0 Å². The number of sulfonamides is 1. The topological polar surface area (TPSA) is 105 Å². The van der Waals surface area contributed by atoms with Crippen LogP contribution in [0.3, 0.4) is 0 Å². The van der Waals surface area contributed by atoms with Crippen LogP contribution in [0, 0.1) is 5.82 Å². The number of nitrogens with zero attached hydrogens (tertiary/aromatic N) is 4. The maximum absolute atomic E-state index is 14.2. The lowest BCUT2D eigenvalue weighted by Gasteiger charge is -2.23. The number of carbonyl (C=O) groups is 1. The highest BCUT2D eigenvalue weighted by Crippen LogP contribution is 2.28. The average molecular weight is 524 g/mol. The Kier molecular flexibility index (Phi) is 7.05. The van der Waals surface area contributed by atoms with Gasteiger partial charge in [0, 0.05) is 50.6 Å². The van der Waals surface area contributed by atoms with Crippen LogP contribution in [0.15, 0.2) is 59.9 Å². The molecular weight excluding hydrogens is 502 g/mol. The van der Waals surface area contributed by atoms with Gasteiger partial charge in [0.15, 0.2) is 5.82 Å². The Hall–Kier alpha value is -3.45. The fraction of sp³-hybridized carbons (Fsp3) is 0.304. The highest BCUT2D eigenvalue weighted by molar-refractivity contribution is 7.89. The van der Waals surface area contributed by atoms with Crippen LogP contribution in [0.25, 0.3) is 11.3 Å². The van der Waals surface area contributed by atoms with Crippen LogP contribution >= 0.6 is 0 Å². The van der Waals surface area contributed by atoms with Crippen molar-refractivity contribution in [3.63, 3.8) is 0 Å². The lowest BCUT2D eigenvalue weighted by atomic mass is 10.1. The van der Waals surface area contributed by atoms with Crippen LogP contribution < -0.4 is 5.32 Å². The number of nitrogens with one attached hydrogen (secondary N) is 1. The lowest BCUT2D eigenvalue weighted by molar-refractivity contribution is -0.124. The molecule has 3 aromatic rings. The second-order valence-corrected chi connectivity index (χ2v) is 10.2. The third kappa shape index (κ3) is 5.51. The molecule has 1 aliphatic rings. The largest absolute Gasteiger partial charge is 0.351 e. The van der Waals surface area contributed by atoms with E-state index in [1.165, 1.54) is 18.6 Å². The van der Waals surface area contributed by atoms with E-state index in [4.69, 9.17) is 0 Å². The molecule has 1 fully saturated rings. The molecule has 13 heteroatoms. The molecule has 8 nitrogen and oxygen atoms in total. The van der Waals surface area contributed by atoms with Crippen molar-refractivity contribution < 1.29 is 30.8 Å². The summed E-state index contributed by atoms with van der Waals surface area (Å²) in [7, 11) is -4.23. The smallest absolute Gasteiger partial charge is 0.303 e. The van der Waals surface area contributed by atoms with Gasteiger partial charge >= 0.3 is 5.92 Å². The van der Waals surface area contributed by atoms with Crippen molar-refractivity contribution in [2.45, 2.75) is 42.9 Å². The summed E-state index contributed by atoms with van der Waals surface area (Å²) in [6, 6.07) is 5.95. The fourth-order valence-corrected chi connectivity index (χ4v) is 5.36. The Morgan fingerprint density at radius 1 is 1.14 bits per heavy atom. The molecule has 2 atom stereocenters. The van der Waals surface area contributed by atoms with Crippen LogP contribution in [-0.2, 0) is 27.3 Å². The zero-order valence-electron chi connectivity index (χ0n) is 18.9. The number of alkyl halides is 3. The van der Waals surface area contributed by atoms with Crippen LogP contribution in [-0.4, -0.2) is 52.3 Å². The number of aromatic nitrogens is 3. The second-order valence-electron chi connectivity index (χ2n) is 8.33. The minimum atomic E-state index is -4.23. The fourth-order valence-electron chi connectivity index (χ4n) is 3.74. The Morgan fingerprint density at radius 3 is 2.44 bits per heavy atom. The molecule has 1 aromatic carbocycles. The zero-order chi connectivity index (χ0) is 26.1. The van der Waals surface area contributed by atoms with Gasteiger partial charge in [-0.05, 0) is 42.0 Å². The number of benzene rings is 1. The third-order valence-electron chi connectivity index (χ3n) is 5.56. The van der Waals surface area contributed by atoms with Gasteiger partial charge in [0.2, 0.25) is 15.9 Å². The van der Waals surface area contributed by atoms with E-state index in [0.717, 1.165) is 28.6 Å². The van der Waals surface area contributed by atoms with E-state index in [1.54, 1.807) is 12.1 Å². The maximum Gasteiger partial charge on any atom is 0.303 e. The molecule has 36 heavy (non-hydrogen) atoms. The van der Waals surface area contributed by atoms with E-state index in [0.29, 0.717) is 23.7 Å². The first kappa shape index (κ1) is 25.6. The van der Waals surface area contributed by atoms with Crippen molar-refractivity contribution in [1.29, 1.82) is 0 Å². The average Bonchev–Trinajstić information content (AvgIpc) is 3.25. The van der Waals surface area contributed by atoms with Gasteiger partial charge in [0.05, 0.1) is 10.6 Å². The Bertz CT molecular complexity index is 1350. The van der Waals surface area contributed by atoms with E-state index in [2.05, 4.69) is 20.3 Å². The molecule has 0 unspecified atom stereocenters. The summed E-state index contributed by atoms with van der Waals surface area (Å²) in [5.74, 6) is -5.14. The molecule has 3 heterocycles. The van der Waals surface area contributed by atoms with Crippen molar-refractivity contribution in [3.8, 4) is 11.3 Å².